The summed E-state index contributed by atoms with van der Waals surface area (Å²) >= 11 is 0. The van der Waals surface area contributed by atoms with Gasteiger partial charge in [0.25, 0.3) is 0 Å². The molecular formula is C19H19NO2. The van der Waals surface area contributed by atoms with Gasteiger partial charge in [-0.25, -0.2) is 0 Å². The van der Waals surface area contributed by atoms with Gasteiger partial charge < -0.3 is 10.1 Å². The second kappa shape index (κ2) is 6.48. The monoisotopic (exact) mass is 293 g/mol. The van der Waals surface area contributed by atoms with E-state index < -0.39 is 0 Å². The molecule has 3 rings (SSSR count). The van der Waals surface area contributed by atoms with E-state index in [9.17, 15) is 4.79 Å². The Hall–Kier alpha value is -2.55. The fourth-order valence-corrected chi connectivity index (χ4v) is 2.84. The molecule has 0 fully saturated rings. The van der Waals surface area contributed by atoms with Crippen molar-refractivity contribution in [1.29, 1.82) is 0 Å². The van der Waals surface area contributed by atoms with Crippen molar-refractivity contribution < 1.29 is 9.53 Å². The Balaban J connectivity index is 1.64. The average molecular weight is 293 g/mol. The van der Waals surface area contributed by atoms with Crippen molar-refractivity contribution in [3.8, 4) is 5.75 Å². The Bertz CT molecular complexity index is 706. The minimum absolute atomic E-state index is 0.0653. The summed E-state index contributed by atoms with van der Waals surface area (Å²) in [6.45, 7) is 0. The Kier molecular flexibility index (Phi) is 4.24. The molecule has 0 saturated heterocycles. The van der Waals surface area contributed by atoms with E-state index in [-0.39, 0.29) is 11.9 Å². The lowest BCUT2D eigenvalue weighted by atomic mass is 10.1. The minimum atomic E-state index is -0.0653. The van der Waals surface area contributed by atoms with Crippen molar-refractivity contribution in [2.75, 3.05) is 7.11 Å². The van der Waals surface area contributed by atoms with Crippen LogP contribution in [0, 0.1) is 0 Å². The van der Waals surface area contributed by atoms with Crippen LogP contribution in [0.15, 0.2) is 54.6 Å². The zero-order valence-corrected chi connectivity index (χ0v) is 12.6. The molecule has 0 heterocycles. The lowest BCUT2D eigenvalue weighted by Gasteiger charge is -2.12. The van der Waals surface area contributed by atoms with Gasteiger partial charge in [-0.2, -0.15) is 0 Å². The van der Waals surface area contributed by atoms with Gasteiger partial charge in [0, 0.05) is 6.08 Å². The van der Waals surface area contributed by atoms with Gasteiger partial charge in [0.1, 0.15) is 5.75 Å². The molecule has 3 nitrogen and oxygen atoms in total. The van der Waals surface area contributed by atoms with Crippen LogP contribution < -0.4 is 10.1 Å². The quantitative estimate of drug-likeness (QED) is 0.876. The van der Waals surface area contributed by atoms with Crippen molar-refractivity contribution >= 4 is 12.0 Å². The number of aryl methyl sites for hydroxylation is 1. The lowest BCUT2D eigenvalue weighted by molar-refractivity contribution is -0.117. The van der Waals surface area contributed by atoms with Crippen LogP contribution in [0.5, 0.6) is 5.75 Å². The predicted molar refractivity (Wildman–Crippen MR) is 87.7 cm³/mol. The van der Waals surface area contributed by atoms with Crippen LogP contribution in [0.4, 0.5) is 0 Å². The molecule has 0 radical (unpaired) electrons. The van der Waals surface area contributed by atoms with E-state index >= 15 is 0 Å². The van der Waals surface area contributed by atoms with E-state index in [4.69, 9.17) is 4.74 Å². The zero-order valence-electron chi connectivity index (χ0n) is 12.6. The molecule has 1 aliphatic carbocycles. The molecule has 0 bridgehead atoms. The summed E-state index contributed by atoms with van der Waals surface area (Å²) in [5.41, 5.74) is 3.52. The van der Waals surface area contributed by atoms with Crippen LogP contribution in [-0.4, -0.2) is 13.0 Å². The van der Waals surface area contributed by atoms with E-state index in [1.807, 2.05) is 36.4 Å². The molecule has 1 aliphatic rings. The molecule has 3 heteroatoms. The van der Waals surface area contributed by atoms with Gasteiger partial charge in [-0.3, -0.25) is 4.79 Å². The maximum absolute atomic E-state index is 12.1. The first-order chi connectivity index (χ1) is 10.8. The van der Waals surface area contributed by atoms with Crippen molar-refractivity contribution in [2.24, 2.45) is 0 Å². The predicted octanol–water partition coefficient (Wildman–Crippen LogP) is 3.51. The summed E-state index contributed by atoms with van der Waals surface area (Å²) in [6.07, 6.45) is 5.38. The number of carbonyl (C=O) groups excluding carboxylic acids is 1. The number of carbonyl (C=O) groups is 1. The second-order valence-corrected chi connectivity index (χ2v) is 5.41. The van der Waals surface area contributed by atoms with Crippen LogP contribution in [0.25, 0.3) is 6.08 Å². The summed E-state index contributed by atoms with van der Waals surface area (Å²) in [7, 11) is 1.63. The normalized spacial score (nSPS) is 16.5. The topological polar surface area (TPSA) is 38.3 Å². The van der Waals surface area contributed by atoms with E-state index in [0.717, 1.165) is 24.2 Å². The molecule has 1 atom stereocenters. The summed E-state index contributed by atoms with van der Waals surface area (Å²) < 4.78 is 5.17. The number of nitrogens with one attached hydrogen (secondary N) is 1. The standard InChI is InChI=1S/C19H19NO2/c1-22-16-7-4-5-14(13-16)9-12-19(21)20-18-11-10-15-6-2-3-8-17(15)18/h2-9,12-13,18H,10-11H2,1H3,(H,20,21)/b12-9+. The van der Waals surface area contributed by atoms with Gasteiger partial charge >= 0.3 is 0 Å². The maximum atomic E-state index is 12.1. The Morgan fingerprint density at radius 3 is 2.95 bits per heavy atom. The van der Waals surface area contributed by atoms with Crippen molar-refractivity contribution in [3.63, 3.8) is 0 Å². The summed E-state index contributed by atoms with van der Waals surface area (Å²) in [4.78, 5) is 12.1. The highest BCUT2D eigenvalue weighted by Gasteiger charge is 2.22. The molecule has 1 amide bonds. The largest absolute Gasteiger partial charge is 0.497 e. The van der Waals surface area contributed by atoms with Crippen LogP contribution >= 0.6 is 0 Å². The van der Waals surface area contributed by atoms with Crippen molar-refractivity contribution in [3.05, 3.63) is 71.3 Å². The molecule has 2 aromatic rings. The summed E-state index contributed by atoms with van der Waals surface area (Å²) in [6, 6.07) is 16.1. The fourth-order valence-electron chi connectivity index (χ4n) is 2.84. The molecule has 0 spiro atoms. The smallest absolute Gasteiger partial charge is 0.244 e. The molecule has 0 aromatic heterocycles. The molecule has 0 aliphatic heterocycles. The minimum Gasteiger partial charge on any atom is -0.497 e. The summed E-state index contributed by atoms with van der Waals surface area (Å²) in [5, 5.41) is 3.08. The number of fused-ring (bicyclic) bond motifs is 1. The molecule has 1 unspecified atom stereocenters. The van der Waals surface area contributed by atoms with Gasteiger partial charge in [-0.15, -0.1) is 0 Å². The first kappa shape index (κ1) is 14.4. The number of amides is 1. The first-order valence-electron chi connectivity index (χ1n) is 7.47. The number of hydrogen-bond acceptors (Lipinski definition) is 2. The molecule has 22 heavy (non-hydrogen) atoms. The number of methoxy groups -OCH3 is 1. The zero-order chi connectivity index (χ0) is 15.4. The number of hydrogen-bond donors (Lipinski definition) is 1. The Morgan fingerprint density at radius 1 is 1.23 bits per heavy atom. The van der Waals surface area contributed by atoms with Gasteiger partial charge in [-0.05, 0) is 47.7 Å². The van der Waals surface area contributed by atoms with Crippen LogP contribution in [0.1, 0.15) is 29.2 Å². The highest BCUT2D eigenvalue weighted by atomic mass is 16.5. The molecule has 2 aromatic carbocycles. The van der Waals surface area contributed by atoms with Crippen molar-refractivity contribution in [2.45, 2.75) is 18.9 Å². The number of rotatable bonds is 4. The highest BCUT2D eigenvalue weighted by Crippen LogP contribution is 2.30. The van der Waals surface area contributed by atoms with Gasteiger partial charge in [0.2, 0.25) is 5.91 Å². The molecular weight excluding hydrogens is 274 g/mol. The van der Waals surface area contributed by atoms with E-state index in [1.165, 1.54) is 11.1 Å². The third kappa shape index (κ3) is 3.19. The molecule has 112 valence electrons. The molecule has 1 N–H and O–H groups in total. The van der Waals surface area contributed by atoms with Crippen LogP contribution in [0.3, 0.4) is 0 Å². The Labute approximate surface area is 130 Å². The van der Waals surface area contributed by atoms with Gasteiger partial charge in [0.05, 0.1) is 13.2 Å². The van der Waals surface area contributed by atoms with Crippen LogP contribution in [-0.2, 0) is 11.2 Å². The molecule has 0 saturated carbocycles. The second-order valence-electron chi connectivity index (χ2n) is 5.41. The SMILES string of the molecule is COc1cccc(/C=C/C(=O)NC2CCc3ccccc32)c1. The highest BCUT2D eigenvalue weighted by molar-refractivity contribution is 5.92. The Morgan fingerprint density at radius 2 is 2.09 bits per heavy atom. The van der Waals surface area contributed by atoms with Gasteiger partial charge in [0.15, 0.2) is 0 Å². The summed E-state index contributed by atoms with van der Waals surface area (Å²) in [5.74, 6) is 0.719. The number of ether oxygens (including phenoxy) is 1. The van der Waals surface area contributed by atoms with Gasteiger partial charge in [-0.1, -0.05) is 36.4 Å². The van der Waals surface area contributed by atoms with E-state index in [1.54, 1.807) is 19.3 Å². The third-order valence-electron chi connectivity index (χ3n) is 3.97. The third-order valence-corrected chi connectivity index (χ3v) is 3.97. The fraction of sp³-hybridized carbons (Fsp3) is 0.211. The lowest BCUT2D eigenvalue weighted by Crippen LogP contribution is -2.25. The van der Waals surface area contributed by atoms with E-state index in [2.05, 4.69) is 17.4 Å². The van der Waals surface area contributed by atoms with Crippen molar-refractivity contribution in [1.82, 2.24) is 5.32 Å². The van der Waals surface area contributed by atoms with Crippen LogP contribution in [0.2, 0.25) is 0 Å². The maximum Gasteiger partial charge on any atom is 0.244 e. The van der Waals surface area contributed by atoms with E-state index in [0.29, 0.717) is 0 Å². The first-order valence-corrected chi connectivity index (χ1v) is 7.47. The average Bonchev–Trinajstić information content (AvgIpc) is 2.96. The number of benzene rings is 2.